The highest BCUT2D eigenvalue weighted by Gasteiger charge is 1.77. The number of para-hydroxylation sites is 1. The van der Waals surface area contributed by atoms with Crippen LogP contribution in [0.25, 0.3) is 0 Å². The van der Waals surface area contributed by atoms with Crippen LogP contribution < -0.4 is 11.1 Å². The first kappa shape index (κ1) is 12.5. The largest absolute Gasteiger partial charge is 0.388 e. The smallest absolute Gasteiger partial charge is 0.0337 e. The van der Waals surface area contributed by atoms with Gasteiger partial charge in [-0.1, -0.05) is 43.0 Å². The van der Waals surface area contributed by atoms with Crippen LogP contribution in [0.3, 0.4) is 0 Å². The molecule has 3 N–H and O–H groups in total. The van der Waals surface area contributed by atoms with E-state index < -0.39 is 0 Å². The highest BCUT2D eigenvalue weighted by molar-refractivity contribution is 5.41. The van der Waals surface area contributed by atoms with Crippen LogP contribution in [0.1, 0.15) is 0 Å². The molecule has 0 aliphatic heterocycles. The maximum atomic E-state index is 5.08. The third kappa shape index (κ3) is 7.13. The van der Waals surface area contributed by atoms with Crippen molar-refractivity contribution >= 4 is 5.69 Å². The molecule has 0 bridgehead atoms. The van der Waals surface area contributed by atoms with E-state index in [1.165, 1.54) is 0 Å². The summed E-state index contributed by atoms with van der Waals surface area (Å²) >= 11 is 0. The van der Waals surface area contributed by atoms with Crippen LogP contribution in [0.4, 0.5) is 5.69 Å². The highest BCUT2D eigenvalue weighted by Crippen LogP contribution is 2.01. The van der Waals surface area contributed by atoms with Gasteiger partial charge in [0.1, 0.15) is 0 Å². The number of nitrogens with two attached hydrogens (primary N) is 1. The molecule has 1 rings (SSSR count). The van der Waals surface area contributed by atoms with E-state index in [0.29, 0.717) is 6.54 Å². The van der Waals surface area contributed by atoms with Crippen molar-refractivity contribution in [2.24, 2.45) is 5.73 Å². The number of rotatable bonds is 3. The van der Waals surface area contributed by atoms with Gasteiger partial charge in [-0.25, -0.2) is 0 Å². The molecule has 0 aliphatic carbocycles. The van der Waals surface area contributed by atoms with Crippen LogP contribution in [0.5, 0.6) is 0 Å². The Morgan fingerprint density at radius 2 is 2.00 bits per heavy atom. The van der Waals surface area contributed by atoms with Gasteiger partial charge in [-0.2, -0.15) is 0 Å². The van der Waals surface area contributed by atoms with Crippen molar-refractivity contribution in [2.45, 2.75) is 0 Å². The van der Waals surface area contributed by atoms with Crippen molar-refractivity contribution in [3.8, 4) is 0 Å². The van der Waals surface area contributed by atoms with E-state index >= 15 is 0 Å². The van der Waals surface area contributed by atoms with Gasteiger partial charge in [0.05, 0.1) is 0 Å². The SMILES string of the molecule is C=C/C=C\CN.CNc1ccccc1. The van der Waals surface area contributed by atoms with Crippen LogP contribution in [-0.2, 0) is 0 Å². The van der Waals surface area contributed by atoms with E-state index in [4.69, 9.17) is 5.73 Å². The third-order valence-electron chi connectivity index (χ3n) is 1.47. The fraction of sp³-hybridized carbons (Fsp3) is 0.167. The first-order valence-corrected chi connectivity index (χ1v) is 4.55. The monoisotopic (exact) mass is 190 g/mol. The van der Waals surface area contributed by atoms with Crippen LogP contribution in [0, 0.1) is 0 Å². The minimum atomic E-state index is 0.603. The second-order valence-corrected chi connectivity index (χ2v) is 2.52. The maximum Gasteiger partial charge on any atom is 0.0337 e. The molecule has 0 heterocycles. The second-order valence-electron chi connectivity index (χ2n) is 2.52. The normalized spacial score (nSPS) is 9.00. The Hall–Kier alpha value is -1.54. The molecular weight excluding hydrogens is 172 g/mol. The summed E-state index contributed by atoms with van der Waals surface area (Å²) in [4.78, 5) is 0. The second kappa shape index (κ2) is 9.55. The number of hydrogen-bond acceptors (Lipinski definition) is 2. The lowest BCUT2D eigenvalue weighted by Crippen LogP contribution is -1.91. The van der Waals surface area contributed by atoms with Crippen LogP contribution in [-0.4, -0.2) is 13.6 Å². The molecule has 0 spiro atoms. The minimum Gasteiger partial charge on any atom is -0.388 e. The van der Waals surface area contributed by atoms with E-state index in [1.807, 2.05) is 49.5 Å². The summed E-state index contributed by atoms with van der Waals surface area (Å²) in [6, 6.07) is 10.1. The summed E-state index contributed by atoms with van der Waals surface area (Å²) in [5.74, 6) is 0. The van der Waals surface area contributed by atoms with E-state index in [0.717, 1.165) is 5.69 Å². The number of allylic oxidation sites excluding steroid dienone is 2. The summed E-state index contributed by atoms with van der Waals surface area (Å²) < 4.78 is 0. The summed E-state index contributed by atoms with van der Waals surface area (Å²) in [7, 11) is 1.91. The Kier molecular flexibility index (Phi) is 8.50. The van der Waals surface area contributed by atoms with E-state index in [2.05, 4.69) is 11.9 Å². The highest BCUT2D eigenvalue weighted by atomic mass is 14.8. The average molecular weight is 190 g/mol. The van der Waals surface area contributed by atoms with Gasteiger partial charge in [-0.15, -0.1) is 0 Å². The van der Waals surface area contributed by atoms with Crippen molar-refractivity contribution in [2.75, 3.05) is 18.9 Å². The molecule has 0 saturated carbocycles. The van der Waals surface area contributed by atoms with Gasteiger partial charge >= 0.3 is 0 Å². The predicted octanol–water partition coefficient (Wildman–Crippen LogP) is 2.42. The number of nitrogens with one attached hydrogen (secondary N) is 1. The number of anilines is 1. The molecule has 1 aromatic carbocycles. The average Bonchev–Trinajstić information content (AvgIpc) is 2.28. The van der Waals surface area contributed by atoms with Crippen molar-refractivity contribution in [1.29, 1.82) is 0 Å². The lowest BCUT2D eigenvalue weighted by atomic mass is 10.3. The number of benzene rings is 1. The minimum absolute atomic E-state index is 0.603. The molecule has 0 aliphatic rings. The Morgan fingerprint density at radius 1 is 1.36 bits per heavy atom. The summed E-state index contributed by atoms with van der Waals surface area (Å²) in [6.45, 7) is 4.06. The quantitative estimate of drug-likeness (QED) is 0.718. The fourth-order valence-electron chi connectivity index (χ4n) is 0.780. The Balaban J connectivity index is 0.000000255. The summed E-state index contributed by atoms with van der Waals surface area (Å²) in [5, 5.41) is 3.03. The molecule has 2 heteroatoms. The Bertz CT molecular complexity index is 252. The van der Waals surface area contributed by atoms with Gasteiger partial charge in [-0.3, -0.25) is 0 Å². The fourth-order valence-corrected chi connectivity index (χ4v) is 0.780. The van der Waals surface area contributed by atoms with Gasteiger partial charge in [0, 0.05) is 19.3 Å². The van der Waals surface area contributed by atoms with Crippen LogP contribution in [0.15, 0.2) is 55.1 Å². The summed E-state index contributed by atoms with van der Waals surface area (Å²) in [5.41, 5.74) is 6.24. The van der Waals surface area contributed by atoms with Crippen molar-refractivity contribution in [3.63, 3.8) is 0 Å². The molecule has 76 valence electrons. The molecule has 1 aromatic rings. The van der Waals surface area contributed by atoms with Gasteiger partial charge in [0.25, 0.3) is 0 Å². The van der Waals surface area contributed by atoms with Crippen molar-refractivity contribution in [1.82, 2.24) is 0 Å². The topological polar surface area (TPSA) is 38.0 Å². The molecule has 14 heavy (non-hydrogen) atoms. The maximum absolute atomic E-state index is 5.08. The zero-order chi connectivity index (χ0) is 10.6. The standard InChI is InChI=1S/C7H9N.C5H9N/c1-8-7-5-3-2-4-6-7;1-2-3-4-5-6/h2-6,8H,1H3;2-4H,1,5-6H2/b;4-3-. The van der Waals surface area contributed by atoms with Gasteiger partial charge in [0.2, 0.25) is 0 Å². The van der Waals surface area contributed by atoms with E-state index in [9.17, 15) is 0 Å². The molecule has 0 amide bonds. The molecule has 0 atom stereocenters. The Morgan fingerprint density at radius 3 is 2.29 bits per heavy atom. The Labute approximate surface area is 86.1 Å². The molecule has 2 nitrogen and oxygen atoms in total. The van der Waals surface area contributed by atoms with E-state index in [-0.39, 0.29) is 0 Å². The molecule has 0 unspecified atom stereocenters. The zero-order valence-electron chi connectivity index (χ0n) is 8.61. The van der Waals surface area contributed by atoms with Crippen molar-refractivity contribution < 1.29 is 0 Å². The zero-order valence-corrected chi connectivity index (χ0v) is 8.61. The summed E-state index contributed by atoms with van der Waals surface area (Å²) in [6.07, 6.45) is 5.36. The lowest BCUT2D eigenvalue weighted by molar-refractivity contribution is 1.25. The van der Waals surface area contributed by atoms with Crippen molar-refractivity contribution in [3.05, 3.63) is 55.1 Å². The van der Waals surface area contributed by atoms with Gasteiger partial charge in [-0.05, 0) is 12.1 Å². The molecule has 0 aromatic heterocycles. The first-order chi connectivity index (χ1) is 6.85. The van der Waals surface area contributed by atoms with Gasteiger partial charge < -0.3 is 11.1 Å². The van der Waals surface area contributed by atoms with E-state index in [1.54, 1.807) is 6.08 Å². The predicted molar refractivity (Wildman–Crippen MR) is 64.4 cm³/mol. The first-order valence-electron chi connectivity index (χ1n) is 4.55. The van der Waals surface area contributed by atoms with Crippen LogP contribution in [0.2, 0.25) is 0 Å². The molecule has 0 fully saturated rings. The third-order valence-corrected chi connectivity index (χ3v) is 1.47. The molecular formula is C12H18N2. The molecule has 0 radical (unpaired) electrons. The molecule has 0 saturated heterocycles. The lowest BCUT2D eigenvalue weighted by Gasteiger charge is -1.94. The van der Waals surface area contributed by atoms with Gasteiger partial charge in [0.15, 0.2) is 0 Å². The van der Waals surface area contributed by atoms with Crippen LogP contribution >= 0.6 is 0 Å². The number of hydrogen-bond donors (Lipinski definition) is 2.